The molecule has 0 unspecified atom stereocenters. The summed E-state index contributed by atoms with van der Waals surface area (Å²) in [5, 5.41) is 3.26. The second-order valence-corrected chi connectivity index (χ2v) is 5.84. The molecule has 0 saturated heterocycles. The van der Waals surface area contributed by atoms with Crippen LogP contribution in [0.3, 0.4) is 0 Å². The van der Waals surface area contributed by atoms with Crippen LogP contribution >= 0.6 is 0 Å². The van der Waals surface area contributed by atoms with Gasteiger partial charge in [-0.2, -0.15) is 0 Å². The summed E-state index contributed by atoms with van der Waals surface area (Å²) < 4.78 is 0. The Kier molecular flexibility index (Phi) is 4.58. The van der Waals surface area contributed by atoms with Crippen molar-refractivity contribution in [2.75, 3.05) is 32.1 Å². The molecule has 0 amide bonds. The van der Waals surface area contributed by atoms with E-state index in [1.165, 1.54) is 16.8 Å². The van der Waals surface area contributed by atoms with Gasteiger partial charge < -0.3 is 10.2 Å². The number of benzene rings is 1. The lowest BCUT2D eigenvalue weighted by Crippen LogP contribution is -2.38. The second kappa shape index (κ2) is 5.54. The largest absolute Gasteiger partial charge is 0.374 e. The van der Waals surface area contributed by atoms with Gasteiger partial charge in [-0.05, 0) is 37.9 Å². The highest BCUT2D eigenvalue weighted by Crippen LogP contribution is 2.24. The predicted molar refractivity (Wildman–Crippen MR) is 76.9 cm³/mol. The van der Waals surface area contributed by atoms with Crippen LogP contribution in [-0.4, -0.2) is 27.2 Å². The fourth-order valence-corrected chi connectivity index (χ4v) is 2.50. The zero-order valence-corrected chi connectivity index (χ0v) is 12.1. The molecule has 1 aromatic rings. The Balaban J connectivity index is 2.79. The van der Waals surface area contributed by atoms with E-state index in [2.05, 4.69) is 63.2 Å². The molecule has 2 nitrogen and oxygen atoms in total. The van der Waals surface area contributed by atoms with Crippen LogP contribution in [0.5, 0.6) is 0 Å². The Bertz CT molecular complexity index is 369. The summed E-state index contributed by atoms with van der Waals surface area (Å²) in [5.74, 6) is 0. The summed E-state index contributed by atoms with van der Waals surface area (Å²) in [6, 6.07) is 6.65. The van der Waals surface area contributed by atoms with Crippen molar-refractivity contribution in [3.05, 3.63) is 29.3 Å². The molecule has 0 spiro atoms. The zero-order chi connectivity index (χ0) is 13.1. The van der Waals surface area contributed by atoms with Crippen molar-refractivity contribution < 1.29 is 0 Å². The lowest BCUT2D eigenvalue weighted by Gasteiger charge is -2.32. The van der Waals surface area contributed by atoms with Gasteiger partial charge in [-0.25, -0.2) is 0 Å². The van der Waals surface area contributed by atoms with Crippen molar-refractivity contribution >= 4 is 5.69 Å². The normalized spacial score (nSPS) is 11.6. The van der Waals surface area contributed by atoms with Crippen molar-refractivity contribution in [2.24, 2.45) is 5.41 Å². The first-order valence-electron chi connectivity index (χ1n) is 6.29. The van der Waals surface area contributed by atoms with Gasteiger partial charge in [0.15, 0.2) is 0 Å². The molecule has 0 bridgehead atoms. The highest BCUT2D eigenvalue weighted by atomic mass is 15.1. The molecule has 0 atom stereocenters. The van der Waals surface area contributed by atoms with Crippen LogP contribution in [0.1, 0.15) is 25.0 Å². The maximum Gasteiger partial charge on any atom is 0.0393 e. The number of rotatable bonds is 5. The molecule has 0 aliphatic rings. The first kappa shape index (κ1) is 14.0. The lowest BCUT2D eigenvalue weighted by molar-refractivity contribution is 0.358. The van der Waals surface area contributed by atoms with E-state index in [0.717, 1.165) is 13.1 Å². The highest BCUT2D eigenvalue weighted by Gasteiger charge is 2.20. The molecule has 0 fully saturated rings. The number of hydrogen-bond donors (Lipinski definition) is 1. The minimum absolute atomic E-state index is 0.279. The molecule has 1 rings (SSSR count). The molecule has 1 aromatic carbocycles. The Hall–Kier alpha value is -1.02. The topological polar surface area (TPSA) is 15.3 Å². The Morgan fingerprint density at radius 1 is 1.24 bits per heavy atom. The number of nitrogens with one attached hydrogen (secondary N) is 1. The van der Waals surface area contributed by atoms with Gasteiger partial charge in [0.25, 0.3) is 0 Å². The molecule has 0 radical (unpaired) electrons. The fourth-order valence-electron chi connectivity index (χ4n) is 2.50. The molecule has 0 aromatic heterocycles. The Morgan fingerprint density at radius 3 is 2.41 bits per heavy atom. The summed E-state index contributed by atoms with van der Waals surface area (Å²) >= 11 is 0. The third-order valence-electron chi connectivity index (χ3n) is 3.08. The van der Waals surface area contributed by atoms with E-state index < -0.39 is 0 Å². The van der Waals surface area contributed by atoms with Gasteiger partial charge in [-0.3, -0.25) is 0 Å². The monoisotopic (exact) mass is 234 g/mol. The van der Waals surface area contributed by atoms with Gasteiger partial charge in [-0.1, -0.05) is 31.5 Å². The molecule has 0 saturated carbocycles. The van der Waals surface area contributed by atoms with Crippen LogP contribution in [-0.2, 0) is 0 Å². The lowest BCUT2D eigenvalue weighted by atomic mass is 9.92. The van der Waals surface area contributed by atoms with Gasteiger partial charge in [0.1, 0.15) is 0 Å². The van der Waals surface area contributed by atoms with Gasteiger partial charge in [0, 0.05) is 25.8 Å². The molecule has 2 heteroatoms. The van der Waals surface area contributed by atoms with Gasteiger partial charge in [-0.15, -0.1) is 0 Å². The minimum Gasteiger partial charge on any atom is -0.374 e. The number of anilines is 1. The molecule has 96 valence electrons. The van der Waals surface area contributed by atoms with Crippen molar-refractivity contribution in [2.45, 2.75) is 27.7 Å². The second-order valence-electron chi connectivity index (χ2n) is 5.84. The van der Waals surface area contributed by atoms with E-state index in [4.69, 9.17) is 0 Å². The average molecular weight is 234 g/mol. The summed E-state index contributed by atoms with van der Waals surface area (Å²) in [6.07, 6.45) is 0. The summed E-state index contributed by atoms with van der Waals surface area (Å²) in [5.41, 5.74) is 4.29. The van der Waals surface area contributed by atoms with E-state index in [-0.39, 0.29) is 5.41 Å². The van der Waals surface area contributed by atoms with Gasteiger partial charge in [0.2, 0.25) is 0 Å². The summed E-state index contributed by atoms with van der Waals surface area (Å²) in [7, 11) is 4.19. The molecule has 17 heavy (non-hydrogen) atoms. The highest BCUT2D eigenvalue weighted by molar-refractivity contribution is 5.53. The van der Waals surface area contributed by atoms with Gasteiger partial charge in [0.05, 0.1) is 0 Å². The van der Waals surface area contributed by atoms with Gasteiger partial charge >= 0.3 is 0 Å². The molecule has 0 aliphatic carbocycles. The predicted octanol–water partition coefficient (Wildman–Crippen LogP) is 2.99. The third kappa shape index (κ3) is 4.04. The number of nitrogens with zero attached hydrogens (tertiary/aromatic N) is 1. The SMILES string of the molecule is CNCC(C)(C)CN(C)c1ccc(C)cc1C. The minimum atomic E-state index is 0.279. The summed E-state index contributed by atoms with van der Waals surface area (Å²) in [6.45, 7) is 11.0. The van der Waals surface area contributed by atoms with Crippen molar-refractivity contribution in [3.8, 4) is 0 Å². The van der Waals surface area contributed by atoms with Crippen LogP contribution in [0, 0.1) is 19.3 Å². The Morgan fingerprint density at radius 2 is 1.88 bits per heavy atom. The Labute approximate surface area is 106 Å². The average Bonchev–Trinajstić information content (AvgIpc) is 2.15. The summed E-state index contributed by atoms with van der Waals surface area (Å²) in [4.78, 5) is 2.35. The van der Waals surface area contributed by atoms with E-state index in [0.29, 0.717) is 0 Å². The van der Waals surface area contributed by atoms with Crippen molar-refractivity contribution in [1.82, 2.24) is 5.32 Å². The standard InChI is InChI=1S/C15H26N2/c1-12-7-8-14(13(2)9-12)17(6)11-15(3,4)10-16-5/h7-9,16H,10-11H2,1-6H3. The smallest absolute Gasteiger partial charge is 0.0393 e. The molecular weight excluding hydrogens is 208 g/mol. The van der Waals surface area contributed by atoms with E-state index in [1.54, 1.807) is 0 Å². The first-order chi connectivity index (χ1) is 7.85. The van der Waals surface area contributed by atoms with Crippen LogP contribution < -0.4 is 10.2 Å². The number of hydrogen-bond acceptors (Lipinski definition) is 2. The van der Waals surface area contributed by atoms with Crippen LogP contribution in [0.4, 0.5) is 5.69 Å². The third-order valence-corrected chi connectivity index (χ3v) is 3.08. The van der Waals surface area contributed by atoms with Crippen molar-refractivity contribution in [1.29, 1.82) is 0 Å². The number of aryl methyl sites for hydroxylation is 2. The van der Waals surface area contributed by atoms with Crippen LogP contribution in [0.15, 0.2) is 18.2 Å². The molecule has 0 heterocycles. The van der Waals surface area contributed by atoms with Crippen molar-refractivity contribution in [3.63, 3.8) is 0 Å². The van der Waals surface area contributed by atoms with E-state index >= 15 is 0 Å². The molecular formula is C15H26N2. The van der Waals surface area contributed by atoms with E-state index in [1.807, 2.05) is 7.05 Å². The maximum absolute atomic E-state index is 3.26. The molecule has 1 N–H and O–H groups in total. The first-order valence-corrected chi connectivity index (χ1v) is 6.29. The van der Waals surface area contributed by atoms with Crippen LogP contribution in [0.25, 0.3) is 0 Å². The molecule has 0 aliphatic heterocycles. The zero-order valence-electron chi connectivity index (χ0n) is 12.1. The quantitative estimate of drug-likeness (QED) is 0.842. The van der Waals surface area contributed by atoms with E-state index in [9.17, 15) is 0 Å². The maximum atomic E-state index is 3.26. The van der Waals surface area contributed by atoms with Crippen LogP contribution in [0.2, 0.25) is 0 Å². The fraction of sp³-hybridized carbons (Fsp3) is 0.600.